The summed E-state index contributed by atoms with van der Waals surface area (Å²) in [5, 5.41) is 33.7. The Kier molecular flexibility index (Phi) is 5.97. The Labute approximate surface area is 213 Å². The van der Waals surface area contributed by atoms with Gasteiger partial charge in [0.1, 0.15) is 0 Å². The fourth-order valence-corrected chi connectivity index (χ4v) is 9.93. The average molecular weight is 493 g/mol. The van der Waals surface area contributed by atoms with Crippen molar-refractivity contribution in [2.24, 2.45) is 34.5 Å². The van der Waals surface area contributed by atoms with Gasteiger partial charge < -0.3 is 24.8 Å². The summed E-state index contributed by atoms with van der Waals surface area (Å²) in [5.41, 5.74) is -2.14. The highest BCUT2D eigenvalue weighted by atomic mass is 16.6. The Hall–Kier alpha value is -0.200. The lowest BCUT2D eigenvalue weighted by Gasteiger charge is -2.55. The number of epoxide rings is 1. The first-order chi connectivity index (χ1) is 16.0. The molecule has 202 valence electrons. The fourth-order valence-electron chi connectivity index (χ4n) is 9.93. The first-order valence-electron chi connectivity index (χ1n) is 14.4. The molecule has 0 radical (unpaired) electrons. The molecule has 11 atom stereocenters. The van der Waals surface area contributed by atoms with Gasteiger partial charge in [-0.15, -0.1) is 0 Å². The van der Waals surface area contributed by atoms with Crippen LogP contribution in [0.1, 0.15) is 113 Å². The zero-order chi connectivity index (χ0) is 25.8. The van der Waals surface area contributed by atoms with E-state index in [0.717, 1.165) is 51.4 Å². The van der Waals surface area contributed by atoms with Crippen molar-refractivity contribution in [1.29, 1.82) is 0 Å². The minimum absolute atomic E-state index is 0.0526. The minimum Gasteiger partial charge on any atom is -0.390 e. The van der Waals surface area contributed by atoms with Crippen molar-refractivity contribution in [2.75, 3.05) is 0 Å². The Morgan fingerprint density at radius 1 is 0.686 bits per heavy atom. The van der Waals surface area contributed by atoms with Crippen LogP contribution in [-0.2, 0) is 9.47 Å². The quantitative estimate of drug-likeness (QED) is 0.470. The van der Waals surface area contributed by atoms with Gasteiger partial charge in [-0.2, -0.15) is 0 Å². The maximum absolute atomic E-state index is 11.7. The third kappa shape index (κ3) is 3.97. The SMILES string of the molecule is CC1(C)OC2CC[C@](C)(O)[C@H](CC[C@@H]3C(C)(C)[C@@H]4CC[C@@](C)(O)[C@@H]4C[C@H]4O[C@@]34C)[C@@]2(C)CC[C@H]1O. The molecule has 3 aliphatic carbocycles. The van der Waals surface area contributed by atoms with E-state index in [0.29, 0.717) is 24.2 Å². The van der Waals surface area contributed by atoms with E-state index in [9.17, 15) is 15.3 Å². The lowest BCUT2D eigenvalue weighted by atomic mass is 9.55. The van der Waals surface area contributed by atoms with Gasteiger partial charge in [-0.3, -0.25) is 0 Å². The van der Waals surface area contributed by atoms with Gasteiger partial charge in [-0.1, -0.05) is 20.8 Å². The molecule has 0 spiro atoms. The van der Waals surface area contributed by atoms with Crippen LogP contribution in [0.15, 0.2) is 0 Å². The minimum atomic E-state index is -0.743. The molecule has 3 saturated carbocycles. The van der Waals surface area contributed by atoms with Crippen molar-refractivity contribution in [1.82, 2.24) is 0 Å². The first-order valence-corrected chi connectivity index (χ1v) is 14.4. The maximum Gasteiger partial charge on any atom is 0.0953 e. The number of rotatable bonds is 3. The molecule has 3 N–H and O–H groups in total. The molecule has 5 fully saturated rings. The van der Waals surface area contributed by atoms with E-state index >= 15 is 0 Å². The molecule has 0 bridgehead atoms. The van der Waals surface area contributed by atoms with Crippen molar-refractivity contribution in [3.8, 4) is 0 Å². The van der Waals surface area contributed by atoms with E-state index in [2.05, 4.69) is 27.7 Å². The van der Waals surface area contributed by atoms with Crippen molar-refractivity contribution >= 4 is 0 Å². The predicted molar refractivity (Wildman–Crippen MR) is 137 cm³/mol. The summed E-state index contributed by atoms with van der Waals surface area (Å²) >= 11 is 0. The average Bonchev–Trinajstić information content (AvgIpc) is 3.30. The Bertz CT molecular complexity index is 833. The van der Waals surface area contributed by atoms with Crippen molar-refractivity contribution in [3.63, 3.8) is 0 Å². The van der Waals surface area contributed by atoms with Gasteiger partial charge in [-0.25, -0.2) is 0 Å². The van der Waals surface area contributed by atoms with Crippen LogP contribution in [0.2, 0.25) is 0 Å². The summed E-state index contributed by atoms with van der Waals surface area (Å²) in [4.78, 5) is 0. The number of ether oxygens (including phenoxy) is 2. The number of fused-ring (bicyclic) bond motifs is 3. The molecule has 5 aliphatic rings. The molecule has 0 aromatic carbocycles. The summed E-state index contributed by atoms with van der Waals surface area (Å²) in [6.45, 7) is 17.5. The van der Waals surface area contributed by atoms with Gasteiger partial charge in [-0.05, 0) is 127 Å². The molecule has 5 nitrogen and oxygen atoms in total. The van der Waals surface area contributed by atoms with E-state index in [1.165, 1.54) is 0 Å². The summed E-state index contributed by atoms with van der Waals surface area (Å²) in [7, 11) is 0. The summed E-state index contributed by atoms with van der Waals surface area (Å²) in [6.07, 6.45) is 7.86. The molecule has 1 unspecified atom stereocenters. The van der Waals surface area contributed by atoms with Crippen LogP contribution in [0.3, 0.4) is 0 Å². The summed E-state index contributed by atoms with van der Waals surface area (Å²) < 4.78 is 13.1. The van der Waals surface area contributed by atoms with Crippen LogP contribution in [0.5, 0.6) is 0 Å². The van der Waals surface area contributed by atoms with E-state index in [1.807, 2.05) is 27.7 Å². The summed E-state index contributed by atoms with van der Waals surface area (Å²) in [5.74, 6) is 1.30. The molecule has 2 saturated heterocycles. The lowest BCUT2D eigenvalue weighted by Crippen LogP contribution is -2.56. The van der Waals surface area contributed by atoms with Crippen molar-refractivity contribution in [3.05, 3.63) is 0 Å². The van der Waals surface area contributed by atoms with Gasteiger partial charge in [0.2, 0.25) is 0 Å². The summed E-state index contributed by atoms with van der Waals surface area (Å²) in [6, 6.07) is 0. The van der Waals surface area contributed by atoms with Crippen LogP contribution in [0.25, 0.3) is 0 Å². The van der Waals surface area contributed by atoms with Gasteiger partial charge in [0.25, 0.3) is 0 Å². The molecule has 0 aromatic heterocycles. The standard InChI is InChI=1S/C30H52O5/c1-25(2)18-11-15-28(6,32)19(18)17-24-30(8,35-24)20(25)9-10-21-27(5)14-12-22(31)26(3,4)34-23(27)13-16-29(21,7)33/h18-24,31-33H,9-17H2,1-8H3/t18-,19-,20-,21-,22-,23?,24-,27-,28-,29+,30+/m1/s1. The molecule has 35 heavy (non-hydrogen) atoms. The molecule has 0 aromatic rings. The monoisotopic (exact) mass is 492 g/mol. The van der Waals surface area contributed by atoms with Crippen LogP contribution < -0.4 is 0 Å². The lowest BCUT2D eigenvalue weighted by molar-refractivity contribution is -0.207. The second-order valence-corrected chi connectivity index (χ2v) is 15.3. The molecular weight excluding hydrogens is 440 g/mol. The van der Waals surface area contributed by atoms with E-state index < -0.39 is 22.9 Å². The normalized spacial score (nSPS) is 56.8. The van der Waals surface area contributed by atoms with E-state index in [-0.39, 0.29) is 34.6 Å². The topological polar surface area (TPSA) is 82.5 Å². The highest BCUT2D eigenvalue weighted by molar-refractivity contribution is 5.17. The zero-order valence-corrected chi connectivity index (χ0v) is 23.6. The smallest absolute Gasteiger partial charge is 0.0953 e. The number of aliphatic hydroxyl groups excluding tert-OH is 1. The van der Waals surface area contributed by atoms with E-state index in [1.54, 1.807) is 0 Å². The molecule has 2 aliphatic heterocycles. The second kappa shape index (κ2) is 7.91. The number of hydrogen-bond donors (Lipinski definition) is 3. The maximum atomic E-state index is 11.7. The second-order valence-electron chi connectivity index (χ2n) is 15.3. The van der Waals surface area contributed by atoms with Gasteiger partial charge >= 0.3 is 0 Å². The van der Waals surface area contributed by atoms with Crippen LogP contribution in [0, 0.1) is 34.5 Å². The Morgan fingerprint density at radius 3 is 2.00 bits per heavy atom. The highest BCUT2D eigenvalue weighted by Crippen LogP contribution is 2.66. The third-order valence-corrected chi connectivity index (χ3v) is 12.4. The highest BCUT2D eigenvalue weighted by Gasteiger charge is 2.68. The van der Waals surface area contributed by atoms with Crippen molar-refractivity contribution in [2.45, 2.75) is 154 Å². The third-order valence-electron chi connectivity index (χ3n) is 12.4. The van der Waals surface area contributed by atoms with E-state index in [4.69, 9.17) is 9.47 Å². The Morgan fingerprint density at radius 2 is 1.31 bits per heavy atom. The number of hydrogen-bond acceptors (Lipinski definition) is 5. The van der Waals surface area contributed by atoms with Gasteiger partial charge in [0, 0.05) is 0 Å². The van der Waals surface area contributed by atoms with Crippen LogP contribution in [-0.4, -0.2) is 56.0 Å². The molecule has 2 heterocycles. The predicted octanol–water partition coefficient (Wildman–Crippen LogP) is 5.23. The molecule has 0 amide bonds. The van der Waals surface area contributed by atoms with Gasteiger partial charge in [0.05, 0.1) is 40.7 Å². The fraction of sp³-hybridized carbons (Fsp3) is 1.00. The molecule has 5 rings (SSSR count). The van der Waals surface area contributed by atoms with Crippen LogP contribution >= 0.6 is 0 Å². The largest absolute Gasteiger partial charge is 0.390 e. The Balaban J connectivity index is 1.42. The molecule has 5 heteroatoms. The van der Waals surface area contributed by atoms with Crippen molar-refractivity contribution < 1.29 is 24.8 Å². The first kappa shape index (κ1) is 26.4. The molecular formula is C30H52O5. The van der Waals surface area contributed by atoms with Crippen LogP contribution in [0.4, 0.5) is 0 Å². The zero-order valence-electron chi connectivity index (χ0n) is 23.6. The number of aliphatic hydroxyl groups is 3. The van der Waals surface area contributed by atoms with Gasteiger partial charge in [0.15, 0.2) is 0 Å².